The third-order valence-electron chi connectivity index (χ3n) is 2.33. The number of carbonyl (C=O) groups excluding carboxylic acids is 1. The highest BCUT2D eigenvalue weighted by Crippen LogP contribution is 2.16. The van der Waals surface area contributed by atoms with E-state index in [1.807, 2.05) is 26.0 Å². The Kier molecular flexibility index (Phi) is 1.77. The van der Waals surface area contributed by atoms with Crippen molar-refractivity contribution in [3.63, 3.8) is 0 Å². The topological polar surface area (TPSA) is 71.8 Å². The van der Waals surface area contributed by atoms with Gasteiger partial charge in [-0.1, -0.05) is 0 Å². The highest BCUT2D eigenvalue weighted by atomic mass is 16.1. The lowest BCUT2D eigenvalue weighted by Gasteiger charge is -1.97. The predicted molar refractivity (Wildman–Crippen MR) is 54.1 cm³/mol. The summed E-state index contributed by atoms with van der Waals surface area (Å²) < 4.78 is 0. The number of aryl methyl sites for hydroxylation is 2. The molecule has 0 aliphatic rings. The van der Waals surface area contributed by atoms with E-state index in [2.05, 4.69) is 9.97 Å². The van der Waals surface area contributed by atoms with Gasteiger partial charge in [-0.25, -0.2) is 4.98 Å². The third kappa shape index (κ3) is 1.25. The molecule has 1 heterocycles. The number of hydrogen-bond acceptors (Lipinski definition) is 2. The molecule has 0 fully saturated rings. The first-order valence-corrected chi connectivity index (χ1v) is 4.34. The highest BCUT2D eigenvalue weighted by Gasteiger charge is 2.08. The third-order valence-corrected chi connectivity index (χ3v) is 2.33. The van der Waals surface area contributed by atoms with Gasteiger partial charge in [0.25, 0.3) is 5.91 Å². The van der Waals surface area contributed by atoms with E-state index in [9.17, 15) is 4.79 Å². The first-order valence-electron chi connectivity index (χ1n) is 4.34. The lowest BCUT2D eigenvalue weighted by atomic mass is 10.1. The van der Waals surface area contributed by atoms with Gasteiger partial charge in [-0.05, 0) is 37.1 Å². The van der Waals surface area contributed by atoms with Gasteiger partial charge in [0.15, 0.2) is 5.82 Å². The van der Waals surface area contributed by atoms with E-state index in [1.54, 1.807) is 0 Å². The molecule has 0 atom stereocenters. The van der Waals surface area contributed by atoms with Gasteiger partial charge >= 0.3 is 0 Å². The van der Waals surface area contributed by atoms with Gasteiger partial charge in [-0.2, -0.15) is 0 Å². The summed E-state index contributed by atoms with van der Waals surface area (Å²) in [6.07, 6.45) is 0. The first-order chi connectivity index (χ1) is 6.58. The molecule has 0 unspecified atom stereocenters. The average molecular weight is 189 g/mol. The van der Waals surface area contributed by atoms with Crippen LogP contribution in [0.1, 0.15) is 21.7 Å². The van der Waals surface area contributed by atoms with Crippen molar-refractivity contribution in [1.82, 2.24) is 9.97 Å². The van der Waals surface area contributed by atoms with Crippen LogP contribution >= 0.6 is 0 Å². The fraction of sp³-hybridized carbons (Fsp3) is 0.200. The predicted octanol–water partition coefficient (Wildman–Crippen LogP) is 1.28. The van der Waals surface area contributed by atoms with E-state index >= 15 is 0 Å². The van der Waals surface area contributed by atoms with Crippen LogP contribution in [-0.4, -0.2) is 15.9 Å². The number of hydrogen-bond donors (Lipinski definition) is 2. The van der Waals surface area contributed by atoms with E-state index < -0.39 is 5.91 Å². The number of nitrogens with two attached hydrogens (primary N) is 1. The molecular weight excluding hydrogens is 178 g/mol. The van der Waals surface area contributed by atoms with Crippen molar-refractivity contribution in [3.05, 3.63) is 29.1 Å². The van der Waals surface area contributed by atoms with Gasteiger partial charge in [0.05, 0.1) is 11.0 Å². The van der Waals surface area contributed by atoms with Crippen LogP contribution in [0.5, 0.6) is 0 Å². The molecule has 2 aromatic rings. The Bertz CT molecular complexity index is 474. The lowest BCUT2D eigenvalue weighted by Crippen LogP contribution is -2.12. The maximum absolute atomic E-state index is 10.9. The molecule has 0 radical (unpaired) electrons. The molecule has 0 saturated heterocycles. The van der Waals surface area contributed by atoms with Crippen LogP contribution in [0, 0.1) is 13.8 Å². The number of carbonyl (C=O) groups is 1. The number of H-pyrrole nitrogens is 1. The van der Waals surface area contributed by atoms with Crippen LogP contribution < -0.4 is 5.73 Å². The van der Waals surface area contributed by atoms with Crippen LogP contribution in [0.4, 0.5) is 0 Å². The second-order valence-electron chi connectivity index (χ2n) is 3.40. The van der Waals surface area contributed by atoms with Gasteiger partial charge < -0.3 is 10.7 Å². The monoisotopic (exact) mass is 189 g/mol. The molecule has 4 heteroatoms. The van der Waals surface area contributed by atoms with Gasteiger partial charge in [0.2, 0.25) is 0 Å². The van der Waals surface area contributed by atoms with Gasteiger partial charge in [0, 0.05) is 0 Å². The number of aromatic nitrogens is 2. The summed E-state index contributed by atoms with van der Waals surface area (Å²) >= 11 is 0. The highest BCUT2D eigenvalue weighted by molar-refractivity contribution is 5.93. The second kappa shape index (κ2) is 2.83. The minimum atomic E-state index is -0.531. The molecule has 2 rings (SSSR count). The molecule has 0 bridgehead atoms. The van der Waals surface area contributed by atoms with Crippen molar-refractivity contribution in [1.29, 1.82) is 0 Å². The van der Waals surface area contributed by atoms with E-state index in [-0.39, 0.29) is 5.82 Å². The fourth-order valence-corrected chi connectivity index (χ4v) is 1.39. The summed E-state index contributed by atoms with van der Waals surface area (Å²) in [4.78, 5) is 17.8. The number of aromatic amines is 1. The number of imidazole rings is 1. The van der Waals surface area contributed by atoms with Crippen molar-refractivity contribution < 1.29 is 4.79 Å². The molecule has 0 aliphatic carbocycles. The molecule has 0 aliphatic heterocycles. The Hall–Kier alpha value is -1.84. The van der Waals surface area contributed by atoms with Crippen molar-refractivity contribution in [2.24, 2.45) is 5.73 Å². The Morgan fingerprint density at radius 2 is 2.00 bits per heavy atom. The summed E-state index contributed by atoms with van der Waals surface area (Å²) in [5, 5.41) is 0. The molecule has 1 amide bonds. The fourth-order valence-electron chi connectivity index (χ4n) is 1.39. The Morgan fingerprint density at radius 1 is 1.36 bits per heavy atom. The molecular formula is C10H11N3O. The summed E-state index contributed by atoms with van der Waals surface area (Å²) in [5.74, 6) is -0.318. The molecule has 3 N–H and O–H groups in total. The molecule has 0 saturated carbocycles. The van der Waals surface area contributed by atoms with Crippen molar-refractivity contribution in [3.8, 4) is 0 Å². The number of nitrogens with zero attached hydrogens (tertiary/aromatic N) is 1. The van der Waals surface area contributed by atoms with Crippen LogP contribution in [0.25, 0.3) is 11.0 Å². The summed E-state index contributed by atoms with van der Waals surface area (Å²) in [6.45, 7) is 4.02. The summed E-state index contributed by atoms with van der Waals surface area (Å²) in [6, 6.07) is 3.90. The molecule has 72 valence electrons. The number of rotatable bonds is 1. The number of amides is 1. The zero-order valence-corrected chi connectivity index (χ0v) is 8.09. The molecule has 0 spiro atoms. The molecule has 1 aromatic heterocycles. The number of benzene rings is 1. The maximum Gasteiger partial charge on any atom is 0.284 e. The summed E-state index contributed by atoms with van der Waals surface area (Å²) in [7, 11) is 0. The maximum atomic E-state index is 10.9. The molecule has 14 heavy (non-hydrogen) atoms. The molecule has 1 aromatic carbocycles. The van der Waals surface area contributed by atoms with Gasteiger partial charge in [-0.3, -0.25) is 4.79 Å². The van der Waals surface area contributed by atoms with Crippen LogP contribution in [0.15, 0.2) is 12.1 Å². The standard InChI is InChI=1S/C10H11N3O/c1-5-3-7-8(4-6(5)2)13-10(12-7)9(11)14/h3-4H,1-2H3,(H2,11,14)(H,12,13). The van der Waals surface area contributed by atoms with Crippen LogP contribution in [0.3, 0.4) is 0 Å². The van der Waals surface area contributed by atoms with Gasteiger partial charge in [0.1, 0.15) is 0 Å². The smallest absolute Gasteiger partial charge is 0.284 e. The number of primary amides is 1. The lowest BCUT2D eigenvalue weighted by molar-refractivity contribution is 0.0991. The average Bonchev–Trinajstić information content (AvgIpc) is 2.48. The SMILES string of the molecule is Cc1cc2nc(C(N)=O)[nH]c2cc1C. The zero-order valence-electron chi connectivity index (χ0n) is 8.09. The van der Waals surface area contributed by atoms with E-state index in [4.69, 9.17) is 5.73 Å². The largest absolute Gasteiger partial charge is 0.363 e. The first kappa shape index (κ1) is 8.74. The minimum absolute atomic E-state index is 0.213. The quantitative estimate of drug-likeness (QED) is 0.709. The van der Waals surface area contributed by atoms with Crippen molar-refractivity contribution >= 4 is 16.9 Å². The van der Waals surface area contributed by atoms with E-state index in [1.165, 1.54) is 0 Å². The van der Waals surface area contributed by atoms with Crippen LogP contribution in [0.2, 0.25) is 0 Å². The molecule has 4 nitrogen and oxygen atoms in total. The van der Waals surface area contributed by atoms with Crippen LogP contribution in [-0.2, 0) is 0 Å². The Balaban J connectivity index is 2.72. The number of fused-ring (bicyclic) bond motifs is 1. The normalized spacial score (nSPS) is 10.7. The summed E-state index contributed by atoms with van der Waals surface area (Å²) in [5.41, 5.74) is 9.07. The zero-order chi connectivity index (χ0) is 10.3. The second-order valence-corrected chi connectivity index (χ2v) is 3.40. The Morgan fingerprint density at radius 3 is 2.64 bits per heavy atom. The van der Waals surface area contributed by atoms with E-state index in [0.717, 1.165) is 22.2 Å². The van der Waals surface area contributed by atoms with Gasteiger partial charge in [-0.15, -0.1) is 0 Å². The van der Waals surface area contributed by atoms with E-state index in [0.29, 0.717) is 0 Å². The Labute approximate surface area is 81.1 Å². The number of nitrogens with one attached hydrogen (secondary N) is 1. The minimum Gasteiger partial charge on any atom is -0.363 e. The van der Waals surface area contributed by atoms with Crippen molar-refractivity contribution in [2.45, 2.75) is 13.8 Å². The van der Waals surface area contributed by atoms with Crippen molar-refractivity contribution in [2.75, 3.05) is 0 Å².